The molecule has 9 nitrogen and oxygen atoms in total. The third-order valence-electron chi connectivity index (χ3n) is 8.21. The fourth-order valence-electron chi connectivity index (χ4n) is 5.96. The lowest BCUT2D eigenvalue weighted by molar-refractivity contribution is -0.140. The molecule has 2 fully saturated rings. The summed E-state index contributed by atoms with van der Waals surface area (Å²) in [6.45, 7) is 6.01. The van der Waals surface area contributed by atoms with E-state index in [4.69, 9.17) is 18.9 Å². The quantitative estimate of drug-likeness (QED) is 0.225. The Morgan fingerprint density at radius 2 is 1.77 bits per heavy atom. The highest BCUT2D eigenvalue weighted by Crippen LogP contribution is 2.43. The summed E-state index contributed by atoms with van der Waals surface area (Å²) in [4.78, 5) is 30.9. The maximum absolute atomic E-state index is 13.6. The molecule has 6 rings (SSSR count). The smallest absolute Gasteiger partial charge is 0.295 e. The van der Waals surface area contributed by atoms with Gasteiger partial charge in [-0.15, -0.1) is 0 Å². The Bertz CT molecular complexity index is 1530. The molecule has 3 aromatic rings. The number of benzene rings is 3. The van der Waals surface area contributed by atoms with Crippen molar-refractivity contribution in [2.24, 2.45) is 0 Å². The van der Waals surface area contributed by atoms with Crippen LogP contribution in [0.15, 0.2) is 72.3 Å². The van der Waals surface area contributed by atoms with Gasteiger partial charge in [-0.05, 0) is 53.9 Å². The molecular formula is C34H36N2O7. The number of fused-ring (bicyclic) bond motifs is 1. The van der Waals surface area contributed by atoms with E-state index in [1.54, 1.807) is 36.3 Å². The van der Waals surface area contributed by atoms with Crippen molar-refractivity contribution in [2.75, 3.05) is 46.5 Å². The van der Waals surface area contributed by atoms with Gasteiger partial charge in [-0.2, -0.15) is 0 Å². The van der Waals surface area contributed by atoms with E-state index in [1.165, 1.54) is 0 Å². The molecule has 224 valence electrons. The number of ether oxygens (including phenoxy) is 4. The molecule has 3 aliphatic heterocycles. The second-order valence-electron chi connectivity index (χ2n) is 11.1. The number of nitrogens with zero attached hydrogens (tertiary/aromatic N) is 2. The standard InChI is InChI=1S/C34H36N2O7/c1-22-18-26-19-25(9-10-27(26)43-22)32(37)30-31(36(34(39)33(30)38)13-12-35-14-16-41-17-15-35)24-8-11-28(29(20-24)40-2)42-21-23-6-4-3-5-7-23/h3-11,19-20,22,31,37H,12-18,21H2,1-2H3. The number of likely N-dealkylation sites (tertiary alicyclic amines) is 1. The van der Waals surface area contributed by atoms with Crippen LogP contribution in [0.1, 0.15) is 35.2 Å². The van der Waals surface area contributed by atoms with Gasteiger partial charge in [0.1, 0.15) is 24.2 Å². The van der Waals surface area contributed by atoms with Crippen molar-refractivity contribution >= 4 is 17.4 Å². The summed E-state index contributed by atoms with van der Waals surface area (Å²) < 4.78 is 23.0. The number of hydrogen-bond donors (Lipinski definition) is 1. The zero-order valence-electron chi connectivity index (χ0n) is 24.5. The lowest BCUT2D eigenvalue weighted by atomic mass is 9.94. The van der Waals surface area contributed by atoms with Gasteiger partial charge >= 0.3 is 0 Å². The zero-order valence-corrected chi connectivity index (χ0v) is 24.5. The Morgan fingerprint density at radius 3 is 2.53 bits per heavy atom. The molecule has 3 aliphatic rings. The third kappa shape index (κ3) is 5.96. The fraction of sp³-hybridized carbons (Fsp3) is 0.353. The van der Waals surface area contributed by atoms with Crippen molar-refractivity contribution in [3.8, 4) is 17.2 Å². The highest BCUT2D eigenvalue weighted by atomic mass is 16.5. The van der Waals surface area contributed by atoms with Crippen LogP contribution >= 0.6 is 0 Å². The number of amides is 1. The van der Waals surface area contributed by atoms with Gasteiger partial charge in [0.2, 0.25) is 0 Å². The van der Waals surface area contributed by atoms with E-state index in [9.17, 15) is 14.7 Å². The first-order valence-corrected chi connectivity index (χ1v) is 14.7. The van der Waals surface area contributed by atoms with Crippen molar-refractivity contribution in [1.29, 1.82) is 0 Å². The Balaban J connectivity index is 1.36. The first-order valence-electron chi connectivity index (χ1n) is 14.7. The van der Waals surface area contributed by atoms with Crippen molar-refractivity contribution in [1.82, 2.24) is 9.80 Å². The van der Waals surface area contributed by atoms with Crippen LogP contribution in [0.2, 0.25) is 0 Å². The molecule has 0 bridgehead atoms. The van der Waals surface area contributed by atoms with E-state index in [0.717, 1.165) is 30.0 Å². The van der Waals surface area contributed by atoms with Crippen LogP contribution in [-0.2, 0) is 27.4 Å². The summed E-state index contributed by atoms with van der Waals surface area (Å²) in [6, 6.07) is 19.8. The van der Waals surface area contributed by atoms with Crippen LogP contribution < -0.4 is 14.2 Å². The Hall–Kier alpha value is -4.34. The lowest BCUT2D eigenvalue weighted by Gasteiger charge is -2.31. The number of carbonyl (C=O) groups is 2. The Labute approximate surface area is 251 Å². The minimum atomic E-state index is -0.804. The first kappa shape index (κ1) is 28.8. The van der Waals surface area contributed by atoms with Gasteiger partial charge in [0.05, 0.1) is 31.9 Å². The number of Topliss-reactive ketones (excluding diaryl/α,β-unsaturated/α-hetero) is 1. The van der Waals surface area contributed by atoms with Crippen molar-refractivity contribution in [3.05, 3.63) is 94.6 Å². The summed E-state index contributed by atoms with van der Waals surface area (Å²) in [7, 11) is 1.55. The van der Waals surface area contributed by atoms with Crippen LogP contribution in [0.4, 0.5) is 0 Å². The predicted octanol–water partition coefficient (Wildman–Crippen LogP) is 4.35. The van der Waals surface area contributed by atoms with Gasteiger partial charge in [0, 0.05) is 38.2 Å². The number of carbonyl (C=O) groups excluding carboxylic acids is 2. The van der Waals surface area contributed by atoms with E-state index in [2.05, 4.69) is 4.90 Å². The molecule has 3 aromatic carbocycles. The lowest BCUT2D eigenvalue weighted by Crippen LogP contribution is -2.42. The van der Waals surface area contributed by atoms with E-state index >= 15 is 0 Å². The molecule has 2 saturated heterocycles. The average molecular weight is 585 g/mol. The molecule has 0 aromatic heterocycles. The number of ketones is 1. The van der Waals surface area contributed by atoms with Crippen LogP contribution in [-0.4, -0.2) is 79.2 Å². The largest absolute Gasteiger partial charge is 0.507 e. The van der Waals surface area contributed by atoms with Gasteiger partial charge < -0.3 is 29.0 Å². The molecule has 0 aliphatic carbocycles. The van der Waals surface area contributed by atoms with Gasteiger partial charge in [0.15, 0.2) is 11.5 Å². The molecule has 2 atom stereocenters. The average Bonchev–Trinajstić information content (AvgIpc) is 3.54. The van der Waals surface area contributed by atoms with Crippen LogP contribution in [0.5, 0.6) is 17.2 Å². The summed E-state index contributed by atoms with van der Waals surface area (Å²) in [5.74, 6) is 0.216. The van der Waals surface area contributed by atoms with Gasteiger partial charge in [-0.3, -0.25) is 14.5 Å². The SMILES string of the molecule is COc1cc(C2C(=C(O)c3ccc4c(c3)CC(C)O4)C(=O)C(=O)N2CCN2CCOCC2)ccc1OCc1ccccc1. The zero-order chi connectivity index (χ0) is 29.9. The van der Waals surface area contributed by atoms with Crippen LogP contribution in [0.25, 0.3) is 5.76 Å². The van der Waals surface area contributed by atoms with E-state index < -0.39 is 17.7 Å². The monoisotopic (exact) mass is 584 g/mol. The number of aliphatic hydroxyl groups excluding tert-OH is 1. The second kappa shape index (κ2) is 12.5. The summed E-state index contributed by atoms with van der Waals surface area (Å²) in [5, 5.41) is 11.6. The Kier molecular flexibility index (Phi) is 8.35. The highest BCUT2D eigenvalue weighted by Gasteiger charge is 2.46. The second-order valence-corrected chi connectivity index (χ2v) is 11.1. The maximum atomic E-state index is 13.6. The Morgan fingerprint density at radius 1 is 0.977 bits per heavy atom. The molecule has 3 heterocycles. The number of morpholine rings is 1. The minimum Gasteiger partial charge on any atom is -0.507 e. The van der Waals surface area contributed by atoms with Gasteiger partial charge in [-0.1, -0.05) is 36.4 Å². The van der Waals surface area contributed by atoms with E-state index in [-0.39, 0.29) is 17.4 Å². The molecule has 0 saturated carbocycles. The predicted molar refractivity (Wildman–Crippen MR) is 160 cm³/mol. The maximum Gasteiger partial charge on any atom is 0.295 e. The van der Waals surface area contributed by atoms with Crippen LogP contribution in [0, 0.1) is 0 Å². The first-order chi connectivity index (χ1) is 20.9. The number of aliphatic hydroxyl groups is 1. The normalized spacial score (nSPS) is 21.5. The third-order valence-corrected chi connectivity index (χ3v) is 8.21. The van der Waals surface area contributed by atoms with E-state index in [1.807, 2.05) is 49.4 Å². The number of rotatable bonds is 9. The molecule has 9 heteroatoms. The molecule has 0 spiro atoms. The summed E-state index contributed by atoms with van der Waals surface area (Å²) in [5.41, 5.74) is 3.14. The molecule has 43 heavy (non-hydrogen) atoms. The van der Waals surface area contributed by atoms with Crippen molar-refractivity contribution in [3.63, 3.8) is 0 Å². The summed E-state index contributed by atoms with van der Waals surface area (Å²) in [6.07, 6.45) is 0.739. The molecular weight excluding hydrogens is 548 g/mol. The van der Waals surface area contributed by atoms with Crippen molar-refractivity contribution < 1.29 is 33.6 Å². The topological polar surface area (TPSA) is 97.8 Å². The highest BCUT2D eigenvalue weighted by molar-refractivity contribution is 6.46. The molecule has 1 amide bonds. The molecule has 2 unspecified atom stereocenters. The van der Waals surface area contributed by atoms with Crippen LogP contribution in [0.3, 0.4) is 0 Å². The minimum absolute atomic E-state index is 0.0354. The molecule has 0 radical (unpaired) electrons. The van der Waals surface area contributed by atoms with Gasteiger partial charge in [0.25, 0.3) is 11.7 Å². The fourth-order valence-corrected chi connectivity index (χ4v) is 5.96. The number of hydrogen-bond acceptors (Lipinski definition) is 8. The van der Waals surface area contributed by atoms with E-state index in [0.29, 0.717) is 62.0 Å². The summed E-state index contributed by atoms with van der Waals surface area (Å²) >= 11 is 0. The number of methoxy groups -OCH3 is 1. The van der Waals surface area contributed by atoms with Crippen molar-refractivity contribution in [2.45, 2.75) is 32.1 Å². The molecule has 1 N–H and O–H groups in total. The van der Waals surface area contributed by atoms with Gasteiger partial charge in [-0.25, -0.2) is 0 Å².